The lowest BCUT2D eigenvalue weighted by molar-refractivity contribution is -0.125. The smallest absolute Gasteiger partial charge is 0.243 e. The van der Waals surface area contributed by atoms with Crippen LogP contribution in [0.15, 0.2) is 30.3 Å². The minimum absolute atomic E-state index is 0.117. The molecule has 4 nitrogen and oxygen atoms in total. The van der Waals surface area contributed by atoms with Crippen LogP contribution in [0.3, 0.4) is 0 Å². The SMILES string of the molecule is CNC(CN1CCCC1(C)C)(C(N)=O)c1ccccc1. The Morgan fingerprint density at radius 2 is 2.05 bits per heavy atom. The summed E-state index contributed by atoms with van der Waals surface area (Å²) in [4.78, 5) is 14.5. The molecule has 1 aromatic carbocycles. The molecule has 1 unspecified atom stereocenters. The van der Waals surface area contributed by atoms with Gasteiger partial charge in [0.1, 0.15) is 5.54 Å². The van der Waals surface area contributed by atoms with Crippen molar-refractivity contribution < 1.29 is 4.79 Å². The van der Waals surface area contributed by atoms with Crippen LogP contribution in [0.1, 0.15) is 32.3 Å². The summed E-state index contributed by atoms with van der Waals surface area (Å²) < 4.78 is 0. The number of likely N-dealkylation sites (N-methyl/N-ethyl adjacent to an activating group) is 1. The number of nitrogens with two attached hydrogens (primary N) is 1. The van der Waals surface area contributed by atoms with Crippen molar-refractivity contribution >= 4 is 5.91 Å². The summed E-state index contributed by atoms with van der Waals surface area (Å²) in [5.74, 6) is -0.325. The Balaban J connectivity index is 2.36. The van der Waals surface area contributed by atoms with Crippen LogP contribution in [-0.4, -0.2) is 36.5 Å². The Morgan fingerprint density at radius 1 is 1.40 bits per heavy atom. The molecule has 20 heavy (non-hydrogen) atoms. The average Bonchev–Trinajstić information content (AvgIpc) is 2.75. The lowest BCUT2D eigenvalue weighted by Gasteiger charge is -2.40. The maximum absolute atomic E-state index is 12.2. The number of rotatable bonds is 5. The highest BCUT2D eigenvalue weighted by Gasteiger charge is 2.43. The monoisotopic (exact) mass is 275 g/mol. The lowest BCUT2D eigenvalue weighted by atomic mass is 9.87. The molecule has 2 rings (SSSR count). The van der Waals surface area contributed by atoms with E-state index in [1.54, 1.807) is 7.05 Å². The van der Waals surface area contributed by atoms with Gasteiger partial charge in [-0.25, -0.2) is 0 Å². The van der Waals surface area contributed by atoms with Gasteiger partial charge in [0.2, 0.25) is 5.91 Å². The first kappa shape index (κ1) is 15.0. The van der Waals surface area contributed by atoms with E-state index >= 15 is 0 Å². The highest BCUT2D eigenvalue weighted by molar-refractivity contribution is 5.86. The predicted molar refractivity (Wildman–Crippen MR) is 81.3 cm³/mol. The molecule has 1 aromatic rings. The van der Waals surface area contributed by atoms with Crippen molar-refractivity contribution in [1.29, 1.82) is 0 Å². The molecule has 0 spiro atoms. The van der Waals surface area contributed by atoms with Crippen LogP contribution < -0.4 is 11.1 Å². The molecule has 0 aromatic heterocycles. The van der Waals surface area contributed by atoms with E-state index in [4.69, 9.17) is 5.73 Å². The summed E-state index contributed by atoms with van der Waals surface area (Å²) >= 11 is 0. The molecule has 0 aliphatic carbocycles. The minimum atomic E-state index is -0.830. The maximum Gasteiger partial charge on any atom is 0.243 e. The van der Waals surface area contributed by atoms with Gasteiger partial charge >= 0.3 is 0 Å². The molecule has 1 heterocycles. The Bertz CT molecular complexity index is 472. The molecule has 110 valence electrons. The zero-order valence-electron chi connectivity index (χ0n) is 12.6. The Labute approximate surface area is 121 Å². The molecular formula is C16H25N3O. The van der Waals surface area contributed by atoms with Crippen molar-refractivity contribution in [2.75, 3.05) is 20.1 Å². The van der Waals surface area contributed by atoms with Crippen LogP contribution in [0.25, 0.3) is 0 Å². The summed E-state index contributed by atoms with van der Waals surface area (Å²) in [6.07, 6.45) is 2.32. The van der Waals surface area contributed by atoms with Crippen LogP contribution in [-0.2, 0) is 10.3 Å². The molecule has 0 bridgehead atoms. The van der Waals surface area contributed by atoms with Gasteiger partial charge < -0.3 is 11.1 Å². The zero-order chi connectivity index (χ0) is 14.8. The molecule has 1 atom stereocenters. The number of hydrogen-bond acceptors (Lipinski definition) is 3. The molecule has 1 aliphatic heterocycles. The fraction of sp³-hybridized carbons (Fsp3) is 0.562. The van der Waals surface area contributed by atoms with Crippen LogP contribution in [0, 0.1) is 0 Å². The van der Waals surface area contributed by atoms with E-state index in [0.29, 0.717) is 6.54 Å². The number of hydrogen-bond donors (Lipinski definition) is 2. The second-order valence-corrected chi connectivity index (χ2v) is 6.22. The average molecular weight is 275 g/mol. The zero-order valence-corrected chi connectivity index (χ0v) is 12.6. The van der Waals surface area contributed by atoms with E-state index in [-0.39, 0.29) is 11.4 Å². The molecule has 3 N–H and O–H groups in total. The number of benzene rings is 1. The van der Waals surface area contributed by atoms with E-state index in [0.717, 1.165) is 18.5 Å². The van der Waals surface area contributed by atoms with Gasteiger partial charge in [0, 0.05) is 12.1 Å². The first-order chi connectivity index (χ1) is 9.42. The van der Waals surface area contributed by atoms with Crippen molar-refractivity contribution in [2.45, 2.75) is 37.8 Å². The van der Waals surface area contributed by atoms with E-state index in [1.807, 2.05) is 30.3 Å². The fourth-order valence-corrected chi connectivity index (χ4v) is 3.12. The van der Waals surface area contributed by atoms with Gasteiger partial charge in [-0.3, -0.25) is 9.69 Å². The fourth-order valence-electron chi connectivity index (χ4n) is 3.12. The van der Waals surface area contributed by atoms with Crippen molar-refractivity contribution in [3.8, 4) is 0 Å². The molecular weight excluding hydrogens is 250 g/mol. The van der Waals surface area contributed by atoms with Crippen molar-refractivity contribution in [1.82, 2.24) is 10.2 Å². The molecule has 4 heteroatoms. The largest absolute Gasteiger partial charge is 0.368 e. The van der Waals surface area contributed by atoms with Gasteiger partial charge in [0.05, 0.1) is 0 Å². The number of primary amides is 1. The standard InChI is InChI=1S/C16H25N3O/c1-15(2)10-7-11-19(15)12-16(18-3,14(17)20)13-8-5-4-6-9-13/h4-6,8-9,18H,7,10-12H2,1-3H3,(H2,17,20). The highest BCUT2D eigenvalue weighted by Crippen LogP contribution is 2.32. The first-order valence-corrected chi connectivity index (χ1v) is 7.22. The first-order valence-electron chi connectivity index (χ1n) is 7.22. The van der Waals surface area contributed by atoms with Crippen molar-refractivity contribution in [2.24, 2.45) is 5.73 Å². The molecule has 1 amide bonds. The Hall–Kier alpha value is -1.39. The van der Waals surface area contributed by atoms with Gasteiger partial charge in [-0.2, -0.15) is 0 Å². The topological polar surface area (TPSA) is 58.4 Å². The number of carbonyl (C=O) groups is 1. The van der Waals surface area contributed by atoms with Crippen LogP contribution in [0.5, 0.6) is 0 Å². The second kappa shape index (κ2) is 5.54. The van der Waals surface area contributed by atoms with E-state index in [9.17, 15) is 4.79 Å². The van der Waals surface area contributed by atoms with Gasteiger partial charge in [0.25, 0.3) is 0 Å². The van der Waals surface area contributed by atoms with Crippen molar-refractivity contribution in [3.05, 3.63) is 35.9 Å². The molecule has 1 fully saturated rings. The summed E-state index contributed by atoms with van der Waals surface area (Å²) in [6.45, 7) is 6.07. The second-order valence-electron chi connectivity index (χ2n) is 6.22. The van der Waals surface area contributed by atoms with Gasteiger partial charge in [0.15, 0.2) is 0 Å². The van der Waals surface area contributed by atoms with Gasteiger partial charge in [-0.15, -0.1) is 0 Å². The molecule has 0 radical (unpaired) electrons. The Morgan fingerprint density at radius 3 is 2.50 bits per heavy atom. The normalized spacial score (nSPS) is 21.6. The van der Waals surface area contributed by atoms with E-state index < -0.39 is 5.54 Å². The van der Waals surface area contributed by atoms with Gasteiger partial charge in [-0.05, 0) is 45.8 Å². The number of nitrogens with zero attached hydrogens (tertiary/aromatic N) is 1. The minimum Gasteiger partial charge on any atom is -0.368 e. The number of likely N-dealkylation sites (tertiary alicyclic amines) is 1. The molecule has 1 saturated heterocycles. The van der Waals surface area contributed by atoms with E-state index in [2.05, 4.69) is 24.1 Å². The number of amides is 1. The summed E-state index contributed by atoms with van der Waals surface area (Å²) in [5.41, 5.74) is 5.97. The van der Waals surface area contributed by atoms with E-state index in [1.165, 1.54) is 6.42 Å². The summed E-state index contributed by atoms with van der Waals surface area (Å²) in [6, 6.07) is 9.76. The summed E-state index contributed by atoms with van der Waals surface area (Å²) in [7, 11) is 1.81. The maximum atomic E-state index is 12.2. The van der Waals surface area contributed by atoms with Crippen LogP contribution in [0.2, 0.25) is 0 Å². The third-order valence-corrected chi connectivity index (χ3v) is 4.61. The quantitative estimate of drug-likeness (QED) is 0.855. The van der Waals surface area contributed by atoms with Crippen molar-refractivity contribution in [3.63, 3.8) is 0 Å². The molecule has 0 saturated carbocycles. The number of carbonyl (C=O) groups excluding carboxylic acids is 1. The predicted octanol–water partition coefficient (Wildman–Crippen LogP) is 1.46. The lowest BCUT2D eigenvalue weighted by Crippen LogP contribution is -2.59. The summed E-state index contributed by atoms with van der Waals surface area (Å²) in [5, 5.41) is 3.18. The third-order valence-electron chi connectivity index (χ3n) is 4.61. The number of nitrogens with one attached hydrogen (secondary N) is 1. The Kier molecular flexibility index (Phi) is 4.16. The van der Waals surface area contributed by atoms with Gasteiger partial charge in [-0.1, -0.05) is 30.3 Å². The molecule has 1 aliphatic rings. The highest BCUT2D eigenvalue weighted by atomic mass is 16.1. The van der Waals surface area contributed by atoms with Crippen LogP contribution in [0.4, 0.5) is 0 Å². The third kappa shape index (κ3) is 2.58. The van der Waals surface area contributed by atoms with Crippen LogP contribution >= 0.6 is 0 Å².